The van der Waals surface area contributed by atoms with E-state index in [-0.39, 0.29) is 11.1 Å². The lowest BCUT2D eigenvalue weighted by molar-refractivity contribution is 0.0452. The molecule has 23 heavy (non-hydrogen) atoms. The maximum absolute atomic E-state index is 11.9. The van der Waals surface area contributed by atoms with E-state index in [1.54, 1.807) is 24.3 Å². The molecule has 6 nitrogen and oxygen atoms in total. The second-order valence-electron chi connectivity index (χ2n) is 4.61. The van der Waals surface area contributed by atoms with E-state index in [9.17, 15) is 9.59 Å². The zero-order valence-corrected chi connectivity index (χ0v) is 14.5. The summed E-state index contributed by atoms with van der Waals surface area (Å²) < 4.78 is 27.1. The van der Waals surface area contributed by atoms with Gasteiger partial charge in [-0.25, -0.2) is 9.59 Å². The first-order valence-corrected chi connectivity index (χ1v) is 8.36. The number of ether oxygens (including phenoxy) is 2. The van der Waals surface area contributed by atoms with Gasteiger partial charge in [0.15, 0.2) is 0 Å². The van der Waals surface area contributed by atoms with Crippen molar-refractivity contribution in [2.45, 2.75) is 39.5 Å². The number of carbonyl (C=O) groups is 2. The monoisotopic (exact) mass is 338 g/mol. The third kappa shape index (κ3) is 8.87. The average Bonchev–Trinajstić information content (AvgIpc) is 2.56. The summed E-state index contributed by atoms with van der Waals surface area (Å²) in [5, 5.41) is 0. The Balaban J connectivity index is 0.00000149. The standard InChI is InChI=1S/C16H22O4.O2Si/c1-3-5-11-19-15(17)13-9-7-8-10-14(13)16(18)20-12-6-4-2;1-3-2/h7-10H,3-6,11-12H2,1-2H3;. The van der Waals surface area contributed by atoms with Gasteiger partial charge in [0.1, 0.15) is 0 Å². The Morgan fingerprint density at radius 2 is 1.22 bits per heavy atom. The number of rotatable bonds is 8. The molecule has 0 bridgehead atoms. The van der Waals surface area contributed by atoms with Crippen LogP contribution in [0.15, 0.2) is 24.3 Å². The van der Waals surface area contributed by atoms with Gasteiger partial charge in [0.05, 0.1) is 24.3 Å². The predicted octanol–water partition coefficient (Wildman–Crippen LogP) is 2.98. The highest BCUT2D eigenvalue weighted by atomic mass is 28.2. The summed E-state index contributed by atoms with van der Waals surface area (Å²) >= 11 is 0. The molecule has 0 radical (unpaired) electrons. The first-order valence-electron chi connectivity index (χ1n) is 7.54. The average molecular weight is 338 g/mol. The third-order valence-corrected chi connectivity index (χ3v) is 2.83. The van der Waals surface area contributed by atoms with Crippen molar-refractivity contribution >= 4 is 21.2 Å². The normalized spacial score (nSPS) is 9.13. The number of hydrogen-bond donors (Lipinski definition) is 0. The van der Waals surface area contributed by atoms with E-state index < -0.39 is 21.2 Å². The molecule has 0 heterocycles. The molecule has 0 aliphatic rings. The highest BCUT2D eigenvalue weighted by molar-refractivity contribution is 6.03. The van der Waals surface area contributed by atoms with Crippen molar-refractivity contribution in [1.82, 2.24) is 0 Å². The van der Waals surface area contributed by atoms with Crippen molar-refractivity contribution in [3.05, 3.63) is 35.4 Å². The highest BCUT2D eigenvalue weighted by Gasteiger charge is 2.18. The zero-order chi connectivity index (χ0) is 17.5. The topological polar surface area (TPSA) is 86.7 Å². The highest BCUT2D eigenvalue weighted by Crippen LogP contribution is 2.12. The first-order chi connectivity index (χ1) is 11.1. The van der Waals surface area contributed by atoms with Crippen LogP contribution in [0.4, 0.5) is 0 Å². The molecule has 0 fully saturated rings. The number of hydrogen-bond acceptors (Lipinski definition) is 6. The summed E-state index contributed by atoms with van der Waals surface area (Å²) in [5.41, 5.74) is 0.537. The molecule has 126 valence electrons. The van der Waals surface area contributed by atoms with Crippen LogP contribution in [0.25, 0.3) is 0 Å². The van der Waals surface area contributed by atoms with E-state index in [0.717, 1.165) is 25.7 Å². The molecule has 0 aliphatic carbocycles. The lowest BCUT2D eigenvalue weighted by atomic mass is 10.1. The largest absolute Gasteiger partial charge is 0.549 e. The van der Waals surface area contributed by atoms with E-state index >= 15 is 0 Å². The molecule has 1 rings (SSSR count). The fourth-order valence-corrected chi connectivity index (χ4v) is 1.61. The summed E-state index contributed by atoms with van der Waals surface area (Å²) in [4.78, 5) is 23.9. The molecule has 7 heteroatoms. The maximum Gasteiger partial charge on any atom is 0.549 e. The number of esters is 2. The van der Waals surface area contributed by atoms with Gasteiger partial charge in [0, 0.05) is 0 Å². The van der Waals surface area contributed by atoms with E-state index in [0.29, 0.717) is 13.2 Å². The molecule has 0 aromatic heterocycles. The van der Waals surface area contributed by atoms with Crippen LogP contribution in [0, 0.1) is 0 Å². The van der Waals surface area contributed by atoms with Gasteiger partial charge in [-0.05, 0) is 25.0 Å². The molecule has 0 N–H and O–H groups in total. The van der Waals surface area contributed by atoms with Crippen LogP contribution in [0.3, 0.4) is 0 Å². The van der Waals surface area contributed by atoms with E-state index in [1.165, 1.54) is 0 Å². The fourth-order valence-electron chi connectivity index (χ4n) is 1.61. The lowest BCUT2D eigenvalue weighted by Gasteiger charge is -2.09. The maximum atomic E-state index is 11.9. The van der Waals surface area contributed by atoms with Crippen molar-refractivity contribution in [3.8, 4) is 0 Å². The molecule has 0 unspecified atom stereocenters. The molecule has 0 amide bonds. The van der Waals surface area contributed by atoms with Crippen LogP contribution in [0.5, 0.6) is 0 Å². The van der Waals surface area contributed by atoms with Gasteiger partial charge in [-0.15, -0.1) is 0 Å². The third-order valence-electron chi connectivity index (χ3n) is 2.83. The Morgan fingerprint density at radius 1 is 0.870 bits per heavy atom. The molecule has 1 aromatic carbocycles. The van der Waals surface area contributed by atoms with Crippen molar-refractivity contribution in [2.24, 2.45) is 0 Å². The SMILES string of the molecule is CCCCOC(=O)c1ccccc1C(=O)OCCCC.O=[Si]=O. The lowest BCUT2D eigenvalue weighted by Crippen LogP contribution is -2.14. The van der Waals surface area contributed by atoms with Gasteiger partial charge in [0.2, 0.25) is 0 Å². The quantitative estimate of drug-likeness (QED) is 0.411. The number of carbonyl (C=O) groups excluding carboxylic acids is 2. The molecule has 0 saturated carbocycles. The van der Waals surface area contributed by atoms with Crippen molar-refractivity contribution < 1.29 is 28.0 Å². The van der Waals surface area contributed by atoms with Gasteiger partial charge in [-0.1, -0.05) is 38.8 Å². The summed E-state index contributed by atoms with van der Waals surface area (Å²) in [5.74, 6) is -0.942. The summed E-state index contributed by atoms with van der Waals surface area (Å²) in [7, 11) is -1.42. The molecular formula is C16H22O6Si. The minimum absolute atomic E-state index is 0.269. The van der Waals surface area contributed by atoms with Crippen LogP contribution >= 0.6 is 0 Å². The van der Waals surface area contributed by atoms with Crippen LogP contribution in [0.2, 0.25) is 0 Å². The second-order valence-corrected chi connectivity index (χ2v) is 4.77. The molecule has 1 aromatic rings. The van der Waals surface area contributed by atoms with Gasteiger partial charge < -0.3 is 9.47 Å². The molecule has 0 spiro atoms. The minimum atomic E-state index is -1.42. The Labute approximate surface area is 138 Å². The summed E-state index contributed by atoms with van der Waals surface area (Å²) in [6.07, 6.45) is 3.53. The Bertz CT molecular complexity index is 482. The molecular weight excluding hydrogens is 316 g/mol. The molecule has 0 saturated heterocycles. The van der Waals surface area contributed by atoms with Crippen molar-refractivity contribution in [2.75, 3.05) is 13.2 Å². The Kier molecular flexibility index (Phi) is 12.4. The van der Waals surface area contributed by atoms with Crippen LogP contribution in [0.1, 0.15) is 60.2 Å². The predicted molar refractivity (Wildman–Crippen MR) is 84.0 cm³/mol. The van der Waals surface area contributed by atoms with Crippen LogP contribution < -0.4 is 0 Å². The van der Waals surface area contributed by atoms with Gasteiger partial charge in [-0.3, -0.25) is 8.92 Å². The Morgan fingerprint density at radius 3 is 1.52 bits per heavy atom. The van der Waals surface area contributed by atoms with E-state index in [4.69, 9.17) is 18.4 Å². The van der Waals surface area contributed by atoms with E-state index in [1.807, 2.05) is 13.8 Å². The van der Waals surface area contributed by atoms with Gasteiger partial charge >= 0.3 is 21.2 Å². The minimum Gasteiger partial charge on any atom is -0.462 e. The fraction of sp³-hybridized carbons (Fsp3) is 0.500. The van der Waals surface area contributed by atoms with Gasteiger partial charge in [-0.2, -0.15) is 0 Å². The van der Waals surface area contributed by atoms with Crippen LogP contribution in [-0.2, 0) is 18.4 Å². The second kappa shape index (κ2) is 13.6. The number of unbranched alkanes of at least 4 members (excludes halogenated alkanes) is 2. The number of benzene rings is 1. The zero-order valence-electron chi connectivity index (χ0n) is 13.5. The molecule has 0 aliphatic heterocycles. The molecule has 0 atom stereocenters. The van der Waals surface area contributed by atoms with Gasteiger partial charge in [0.25, 0.3) is 0 Å². The van der Waals surface area contributed by atoms with Crippen molar-refractivity contribution in [1.29, 1.82) is 0 Å². The summed E-state index contributed by atoms with van der Waals surface area (Å²) in [6.45, 7) is 4.78. The Hall–Kier alpha value is -2.02. The first kappa shape index (κ1) is 21.0. The van der Waals surface area contributed by atoms with E-state index in [2.05, 4.69) is 0 Å². The van der Waals surface area contributed by atoms with Crippen molar-refractivity contribution in [3.63, 3.8) is 0 Å². The van der Waals surface area contributed by atoms with Crippen LogP contribution in [-0.4, -0.2) is 34.4 Å². The summed E-state index contributed by atoms with van der Waals surface area (Å²) in [6, 6.07) is 6.59. The smallest absolute Gasteiger partial charge is 0.462 e.